The van der Waals surface area contributed by atoms with Crippen molar-refractivity contribution in [2.45, 2.75) is 26.1 Å². The minimum Gasteiger partial charge on any atom is -0.463 e. The Hall–Kier alpha value is -2.90. The van der Waals surface area contributed by atoms with Crippen molar-refractivity contribution in [3.63, 3.8) is 0 Å². The van der Waals surface area contributed by atoms with Gasteiger partial charge in [0, 0.05) is 50.0 Å². The summed E-state index contributed by atoms with van der Waals surface area (Å²) in [6.07, 6.45) is -2.77. The van der Waals surface area contributed by atoms with Crippen molar-refractivity contribution in [1.29, 1.82) is 0 Å². The van der Waals surface area contributed by atoms with Gasteiger partial charge in [-0.2, -0.15) is 13.2 Å². The van der Waals surface area contributed by atoms with E-state index in [0.29, 0.717) is 43.1 Å². The average molecular weight is 405 g/mol. The fraction of sp³-hybridized carbons (Fsp3) is 0.381. The molecule has 0 spiro atoms. The average Bonchev–Trinajstić information content (AvgIpc) is 3.28. The van der Waals surface area contributed by atoms with Gasteiger partial charge in [0.2, 0.25) is 0 Å². The van der Waals surface area contributed by atoms with Gasteiger partial charge < -0.3 is 18.8 Å². The number of fused-ring (bicyclic) bond motifs is 1. The zero-order valence-corrected chi connectivity index (χ0v) is 16.2. The van der Waals surface area contributed by atoms with Crippen LogP contribution in [0.4, 0.5) is 18.9 Å². The summed E-state index contributed by atoms with van der Waals surface area (Å²) in [6.45, 7) is 5.86. The van der Waals surface area contributed by atoms with Crippen LogP contribution in [0.25, 0.3) is 11.1 Å². The lowest BCUT2D eigenvalue weighted by Crippen LogP contribution is -2.49. The zero-order valence-electron chi connectivity index (χ0n) is 16.2. The third kappa shape index (κ3) is 3.59. The molecule has 1 fully saturated rings. The van der Waals surface area contributed by atoms with Crippen LogP contribution in [0.1, 0.15) is 35.9 Å². The summed E-state index contributed by atoms with van der Waals surface area (Å²) in [6, 6.07) is 9.02. The summed E-state index contributed by atoms with van der Waals surface area (Å²) in [5, 5.41) is 0. The van der Waals surface area contributed by atoms with Gasteiger partial charge in [-0.15, -0.1) is 0 Å². The Morgan fingerprint density at radius 2 is 1.79 bits per heavy atom. The van der Waals surface area contributed by atoms with E-state index in [0.717, 1.165) is 17.6 Å². The Morgan fingerprint density at radius 1 is 1.07 bits per heavy atom. The largest absolute Gasteiger partial charge is 0.463 e. The van der Waals surface area contributed by atoms with Gasteiger partial charge in [-0.05, 0) is 32.0 Å². The van der Waals surface area contributed by atoms with E-state index in [2.05, 4.69) is 0 Å². The third-order valence-electron chi connectivity index (χ3n) is 5.30. The van der Waals surface area contributed by atoms with Crippen molar-refractivity contribution in [2.75, 3.05) is 31.1 Å². The van der Waals surface area contributed by atoms with Crippen LogP contribution in [0.15, 0.2) is 47.1 Å². The Bertz CT molecular complexity index is 1030. The maximum atomic E-state index is 13.1. The first-order valence-corrected chi connectivity index (χ1v) is 9.55. The van der Waals surface area contributed by atoms with E-state index >= 15 is 0 Å². The van der Waals surface area contributed by atoms with E-state index in [1.165, 1.54) is 6.07 Å². The molecule has 1 aliphatic heterocycles. The molecule has 0 saturated carbocycles. The van der Waals surface area contributed by atoms with Crippen LogP contribution in [0.2, 0.25) is 0 Å². The lowest BCUT2D eigenvalue weighted by molar-refractivity contribution is -0.137. The highest BCUT2D eigenvalue weighted by atomic mass is 19.4. The molecule has 29 heavy (non-hydrogen) atoms. The number of hydrogen-bond acceptors (Lipinski definition) is 3. The molecular weight excluding hydrogens is 383 g/mol. The standard InChI is InChI=1S/C21H22F3N3O2/c1-14(2)27-17-6-11-29-19(17)13-18(27)20(28)26-9-7-25(8-10-26)16-5-3-4-15(12-16)21(22,23)24/h3-6,11-14H,7-10H2,1-2H3. The molecule has 0 unspecified atom stereocenters. The Morgan fingerprint density at radius 3 is 2.45 bits per heavy atom. The maximum Gasteiger partial charge on any atom is 0.416 e. The molecule has 1 aromatic carbocycles. The molecule has 154 valence electrons. The first kappa shape index (κ1) is 19.4. The van der Waals surface area contributed by atoms with Gasteiger partial charge in [-0.3, -0.25) is 4.79 Å². The van der Waals surface area contributed by atoms with E-state index in [4.69, 9.17) is 4.42 Å². The van der Waals surface area contributed by atoms with E-state index in [9.17, 15) is 18.0 Å². The normalized spacial score (nSPS) is 15.5. The second kappa shape index (κ2) is 7.17. The minimum absolute atomic E-state index is 0.0891. The number of nitrogens with zero attached hydrogens (tertiary/aromatic N) is 3. The van der Waals surface area contributed by atoms with E-state index < -0.39 is 11.7 Å². The molecule has 3 heterocycles. The van der Waals surface area contributed by atoms with Crippen LogP contribution >= 0.6 is 0 Å². The fourth-order valence-corrected chi connectivity index (χ4v) is 3.87. The molecule has 0 aliphatic carbocycles. The lowest BCUT2D eigenvalue weighted by atomic mass is 10.1. The zero-order chi connectivity index (χ0) is 20.8. The quantitative estimate of drug-likeness (QED) is 0.629. The molecule has 1 aliphatic rings. The van der Waals surface area contributed by atoms with Crippen molar-refractivity contribution in [3.05, 3.63) is 53.9 Å². The van der Waals surface area contributed by atoms with E-state index in [-0.39, 0.29) is 11.9 Å². The highest BCUT2D eigenvalue weighted by Gasteiger charge is 2.32. The second-order valence-electron chi connectivity index (χ2n) is 7.49. The molecule has 5 nitrogen and oxygen atoms in total. The van der Waals surface area contributed by atoms with Crippen LogP contribution in [-0.4, -0.2) is 41.6 Å². The van der Waals surface area contributed by atoms with Crippen molar-refractivity contribution in [3.8, 4) is 0 Å². The lowest BCUT2D eigenvalue weighted by Gasteiger charge is -2.36. The van der Waals surface area contributed by atoms with Gasteiger partial charge in [-0.25, -0.2) is 0 Å². The van der Waals surface area contributed by atoms with E-state index in [1.54, 1.807) is 23.3 Å². The SMILES string of the molecule is CC(C)n1c(C(=O)N2CCN(c3cccc(C(F)(F)F)c3)CC2)cc2occc21. The Balaban J connectivity index is 1.50. The number of carbonyl (C=O) groups excluding carboxylic acids is 1. The number of alkyl halides is 3. The van der Waals surface area contributed by atoms with Gasteiger partial charge in [0.25, 0.3) is 5.91 Å². The molecule has 0 bridgehead atoms. The molecule has 2 aromatic heterocycles. The third-order valence-corrected chi connectivity index (χ3v) is 5.30. The Kier molecular flexibility index (Phi) is 4.80. The molecule has 4 rings (SSSR count). The summed E-state index contributed by atoms with van der Waals surface area (Å²) < 4.78 is 46.3. The second-order valence-corrected chi connectivity index (χ2v) is 7.49. The molecule has 0 radical (unpaired) electrons. The number of anilines is 1. The summed E-state index contributed by atoms with van der Waals surface area (Å²) in [7, 11) is 0. The van der Waals surface area contributed by atoms with Gasteiger partial charge in [0.1, 0.15) is 5.69 Å². The summed E-state index contributed by atoms with van der Waals surface area (Å²) in [5.74, 6) is -0.0891. The molecule has 1 amide bonds. The number of aromatic nitrogens is 1. The number of halogens is 3. The fourth-order valence-electron chi connectivity index (χ4n) is 3.87. The number of carbonyl (C=O) groups is 1. The number of piperazine rings is 1. The van der Waals surface area contributed by atoms with Gasteiger partial charge in [-0.1, -0.05) is 6.07 Å². The topological polar surface area (TPSA) is 41.6 Å². The minimum atomic E-state index is -4.37. The monoisotopic (exact) mass is 405 g/mol. The van der Waals surface area contributed by atoms with Crippen LogP contribution in [0.5, 0.6) is 0 Å². The van der Waals surface area contributed by atoms with Crippen LogP contribution in [-0.2, 0) is 6.18 Å². The van der Waals surface area contributed by atoms with Crippen LogP contribution in [0, 0.1) is 0 Å². The number of hydrogen-bond donors (Lipinski definition) is 0. The van der Waals surface area contributed by atoms with E-state index in [1.807, 2.05) is 29.4 Å². The van der Waals surface area contributed by atoms with Gasteiger partial charge >= 0.3 is 6.18 Å². The maximum absolute atomic E-state index is 13.1. The summed E-state index contributed by atoms with van der Waals surface area (Å²) in [4.78, 5) is 16.7. The molecule has 1 saturated heterocycles. The highest BCUT2D eigenvalue weighted by molar-refractivity contribution is 5.97. The first-order valence-electron chi connectivity index (χ1n) is 9.55. The number of furan rings is 1. The van der Waals surface area contributed by atoms with Crippen LogP contribution < -0.4 is 4.90 Å². The molecular formula is C21H22F3N3O2. The molecule has 3 aromatic rings. The Labute approximate surface area is 166 Å². The van der Waals surface area contributed by atoms with Crippen molar-refractivity contribution < 1.29 is 22.4 Å². The number of rotatable bonds is 3. The molecule has 0 atom stereocenters. The molecule has 8 heteroatoms. The van der Waals surface area contributed by atoms with Crippen molar-refractivity contribution in [1.82, 2.24) is 9.47 Å². The number of benzene rings is 1. The first-order chi connectivity index (χ1) is 13.8. The van der Waals surface area contributed by atoms with Crippen LogP contribution in [0.3, 0.4) is 0 Å². The molecule has 0 N–H and O–H groups in total. The van der Waals surface area contributed by atoms with Crippen molar-refractivity contribution in [2.24, 2.45) is 0 Å². The van der Waals surface area contributed by atoms with Gasteiger partial charge in [0.15, 0.2) is 5.58 Å². The summed E-state index contributed by atoms with van der Waals surface area (Å²) in [5.41, 5.74) is 1.98. The smallest absolute Gasteiger partial charge is 0.416 e. The summed E-state index contributed by atoms with van der Waals surface area (Å²) >= 11 is 0. The predicted molar refractivity (Wildman–Crippen MR) is 104 cm³/mol. The van der Waals surface area contributed by atoms with Gasteiger partial charge in [0.05, 0.1) is 17.3 Å². The number of amides is 1. The van der Waals surface area contributed by atoms with Crippen molar-refractivity contribution >= 4 is 22.7 Å². The predicted octanol–water partition coefficient (Wildman–Crippen LogP) is 4.80. The highest BCUT2D eigenvalue weighted by Crippen LogP contribution is 2.32.